The fraction of sp³-hybridized carbons (Fsp3) is 0.538. The lowest BCUT2D eigenvalue weighted by atomic mass is 10.2. The summed E-state index contributed by atoms with van der Waals surface area (Å²) < 4.78 is 5.79. The molecule has 2 unspecified atom stereocenters. The molecule has 2 atom stereocenters. The first-order valence-electron chi connectivity index (χ1n) is 6.72. The van der Waals surface area contributed by atoms with Crippen LogP contribution in [0.25, 0.3) is 10.2 Å². The summed E-state index contributed by atoms with van der Waals surface area (Å²) >= 11 is 1.66. The third kappa shape index (κ3) is 2.44. The number of thiophene rings is 1. The van der Waals surface area contributed by atoms with E-state index in [4.69, 9.17) is 10.6 Å². The fourth-order valence-corrected chi connectivity index (χ4v) is 3.56. The standard InChI is InChI=1S/C13H19N5OS/c1-7-5-18(6-8(2)19-7)11-10-4-9(3)20-12(10)16-13(15-11)17-14/h4,7-8H,5-6,14H2,1-3H3,(H,15,16,17). The summed E-state index contributed by atoms with van der Waals surface area (Å²) in [6.07, 6.45) is 0.385. The highest BCUT2D eigenvalue weighted by Crippen LogP contribution is 2.32. The molecule has 2 aromatic heterocycles. The molecule has 0 aliphatic carbocycles. The molecule has 20 heavy (non-hydrogen) atoms. The molecule has 7 heteroatoms. The summed E-state index contributed by atoms with van der Waals surface area (Å²) in [6.45, 7) is 7.91. The first kappa shape index (κ1) is 13.5. The van der Waals surface area contributed by atoms with Gasteiger partial charge in [0.2, 0.25) is 5.95 Å². The minimum absolute atomic E-state index is 0.192. The lowest BCUT2D eigenvalue weighted by Gasteiger charge is -2.36. The Bertz CT molecular complexity index is 618. The highest BCUT2D eigenvalue weighted by molar-refractivity contribution is 7.18. The number of nitrogens with zero attached hydrogens (tertiary/aromatic N) is 3. The Hall–Kier alpha value is -1.44. The van der Waals surface area contributed by atoms with Crippen LogP contribution in [0.4, 0.5) is 11.8 Å². The molecule has 3 rings (SSSR count). The molecule has 2 aromatic rings. The van der Waals surface area contributed by atoms with Crippen LogP contribution in [0.3, 0.4) is 0 Å². The molecule has 108 valence electrons. The average molecular weight is 293 g/mol. The fourth-order valence-electron chi connectivity index (χ4n) is 2.68. The molecule has 1 aliphatic heterocycles. The number of fused-ring (bicyclic) bond motifs is 1. The van der Waals surface area contributed by atoms with Gasteiger partial charge in [0.1, 0.15) is 10.6 Å². The quantitative estimate of drug-likeness (QED) is 0.650. The number of nitrogens with one attached hydrogen (secondary N) is 1. The van der Waals surface area contributed by atoms with Crippen molar-refractivity contribution in [3.63, 3.8) is 0 Å². The largest absolute Gasteiger partial charge is 0.372 e. The van der Waals surface area contributed by atoms with Crippen LogP contribution in [0, 0.1) is 6.92 Å². The first-order chi connectivity index (χ1) is 9.56. The van der Waals surface area contributed by atoms with E-state index >= 15 is 0 Å². The number of ether oxygens (including phenoxy) is 1. The van der Waals surface area contributed by atoms with E-state index in [1.165, 1.54) is 4.88 Å². The van der Waals surface area contributed by atoms with Crippen molar-refractivity contribution in [3.8, 4) is 0 Å². The molecule has 6 nitrogen and oxygen atoms in total. The SMILES string of the molecule is Cc1cc2c(N3CC(C)OC(C)C3)nc(NN)nc2s1. The van der Waals surface area contributed by atoms with Crippen molar-refractivity contribution >= 4 is 33.3 Å². The highest BCUT2D eigenvalue weighted by Gasteiger charge is 2.25. The molecule has 0 bridgehead atoms. The third-order valence-electron chi connectivity index (χ3n) is 3.34. The number of hydrazine groups is 1. The molecule has 0 radical (unpaired) electrons. The molecule has 1 aliphatic rings. The minimum Gasteiger partial charge on any atom is -0.372 e. The summed E-state index contributed by atoms with van der Waals surface area (Å²) in [5.74, 6) is 6.89. The van der Waals surface area contributed by atoms with Gasteiger partial charge in [-0.15, -0.1) is 11.3 Å². The van der Waals surface area contributed by atoms with Gasteiger partial charge >= 0.3 is 0 Å². The number of aryl methyl sites for hydroxylation is 1. The second-order valence-corrected chi connectivity index (χ2v) is 6.49. The van der Waals surface area contributed by atoms with Crippen molar-refractivity contribution in [3.05, 3.63) is 10.9 Å². The second-order valence-electron chi connectivity index (χ2n) is 5.25. The first-order valence-corrected chi connectivity index (χ1v) is 7.53. The van der Waals surface area contributed by atoms with Gasteiger partial charge in [0, 0.05) is 18.0 Å². The Kier molecular flexibility index (Phi) is 3.49. The van der Waals surface area contributed by atoms with Gasteiger partial charge in [0.25, 0.3) is 0 Å². The van der Waals surface area contributed by atoms with Gasteiger partial charge < -0.3 is 9.64 Å². The molecule has 3 heterocycles. The maximum absolute atomic E-state index is 5.79. The lowest BCUT2D eigenvalue weighted by molar-refractivity contribution is -0.00536. The molecular weight excluding hydrogens is 274 g/mol. The molecule has 0 spiro atoms. The van der Waals surface area contributed by atoms with Gasteiger partial charge in [-0.3, -0.25) is 5.43 Å². The van der Waals surface area contributed by atoms with E-state index in [9.17, 15) is 0 Å². The monoisotopic (exact) mass is 293 g/mol. The Morgan fingerprint density at radius 1 is 1.35 bits per heavy atom. The summed E-state index contributed by atoms with van der Waals surface area (Å²) in [5.41, 5.74) is 2.56. The maximum atomic E-state index is 5.79. The van der Waals surface area contributed by atoms with E-state index in [0.717, 1.165) is 29.1 Å². The number of nitrogens with two attached hydrogens (primary N) is 1. The van der Waals surface area contributed by atoms with Crippen LogP contribution in [0.1, 0.15) is 18.7 Å². The molecule has 0 saturated carbocycles. The van der Waals surface area contributed by atoms with Gasteiger partial charge in [0.15, 0.2) is 0 Å². The van der Waals surface area contributed by atoms with E-state index in [1.54, 1.807) is 11.3 Å². The third-order valence-corrected chi connectivity index (χ3v) is 4.29. The van der Waals surface area contributed by atoms with E-state index in [0.29, 0.717) is 5.95 Å². The summed E-state index contributed by atoms with van der Waals surface area (Å²) in [6, 6.07) is 2.14. The highest BCUT2D eigenvalue weighted by atomic mass is 32.1. The minimum atomic E-state index is 0.192. The number of anilines is 2. The predicted molar refractivity (Wildman–Crippen MR) is 82.2 cm³/mol. The van der Waals surface area contributed by atoms with Crippen LogP contribution in [0.15, 0.2) is 6.07 Å². The van der Waals surface area contributed by atoms with Gasteiger partial charge in [-0.05, 0) is 26.8 Å². The molecule has 1 saturated heterocycles. The topological polar surface area (TPSA) is 76.3 Å². The van der Waals surface area contributed by atoms with Crippen molar-refractivity contribution in [2.24, 2.45) is 5.84 Å². The van der Waals surface area contributed by atoms with Gasteiger partial charge in [-0.1, -0.05) is 0 Å². The van der Waals surface area contributed by atoms with Gasteiger partial charge in [-0.25, -0.2) is 10.8 Å². The lowest BCUT2D eigenvalue weighted by Crippen LogP contribution is -2.46. The summed E-state index contributed by atoms with van der Waals surface area (Å²) in [4.78, 5) is 13.4. The number of hydrogen-bond donors (Lipinski definition) is 2. The van der Waals surface area contributed by atoms with Crippen LogP contribution < -0.4 is 16.2 Å². The van der Waals surface area contributed by atoms with Crippen molar-refractivity contribution < 1.29 is 4.74 Å². The molecule has 3 N–H and O–H groups in total. The van der Waals surface area contributed by atoms with Crippen molar-refractivity contribution in [1.82, 2.24) is 9.97 Å². The van der Waals surface area contributed by atoms with E-state index in [-0.39, 0.29) is 12.2 Å². The summed E-state index contributed by atoms with van der Waals surface area (Å²) in [7, 11) is 0. The Morgan fingerprint density at radius 3 is 2.70 bits per heavy atom. The second kappa shape index (κ2) is 5.16. The predicted octanol–water partition coefficient (Wildman–Crippen LogP) is 1.90. The normalized spacial score (nSPS) is 23.3. The maximum Gasteiger partial charge on any atom is 0.240 e. The number of morpholine rings is 1. The molecule has 0 amide bonds. The van der Waals surface area contributed by atoms with Crippen molar-refractivity contribution in [1.29, 1.82) is 0 Å². The number of nitrogen functional groups attached to an aromatic ring is 1. The van der Waals surface area contributed by atoms with Crippen LogP contribution in [-0.2, 0) is 4.74 Å². The van der Waals surface area contributed by atoms with E-state index < -0.39 is 0 Å². The van der Waals surface area contributed by atoms with E-state index in [2.05, 4.69) is 47.1 Å². The zero-order valence-corrected chi connectivity index (χ0v) is 12.7. The van der Waals surface area contributed by atoms with Crippen LogP contribution in [-0.4, -0.2) is 35.3 Å². The van der Waals surface area contributed by atoms with Gasteiger partial charge in [-0.2, -0.15) is 4.98 Å². The summed E-state index contributed by atoms with van der Waals surface area (Å²) in [5, 5.41) is 1.09. The Morgan fingerprint density at radius 2 is 2.05 bits per heavy atom. The zero-order chi connectivity index (χ0) is 14.3. The van der Waals surface area contributed by atoms with Gasteiger partial charge in [0.05, 0.1) is 17.6 Å². The molecular formula is C13H19N5OS. The zero-order valence-electron chi connectivity index (χ0n) is 11.9. The number of aromatic nitrogens is 2. The van der Waals surface area contributed by atoms with Crippen molar-refractivity contribution in [2.45, 2.75) is 33.0 Å². The number of rotatable bonds is 2. The van der Waals surface area contributed by atoms with E-state index in [1.807, 2.05) is 0 Å². The molecule has 0 aromatic carbocycles. The number of hydrogen-bond acceptors (Lipinski definition) is 7. The van der Waals surface area contributed by atoms with Crippen LogP contribution in [0.2, 0.25) is 0 Å². The average Bonchev–Trinajstić information content (AvgIpc) is 2.76. The Balaban J connectivity index is 2.08. The Labute approximate surface area is 121 Å². The van der Waals surface area contributed by atoms with Crippen LogP contribution in [0.5, 0.6) is 0 Å². The van der Waals surface area contributed by atoms with Crippen LogP contribution >= 0.6 is 11.3 Å². The smallest absolute Gasteiger partial charge is 0.240 e. The van der Waals surface area contributed by atoms with Crippen molar-refractivity contribution in [2.75, 3.05) is 23.4 Å². The molecule has 1 fully saturated rings.